The van der Waals surface area contributed by atoms with E-state index in [1.165, 1.54) is 0 Å². The predicted octanol–water partition coefficient (Wildman–Crippen LogP) is 2.30. The molecule has 0 unspecified atom stereocenters. The van der Waals surface area contributed by atoms with Crippen LogP contribution in [0.1, 0.15) is 32.8 Å². The maximum atomic E-state index is 5.95. The van der Waals surface area contributed by atoms with Gasteiger partial charge in [0.15, 0.2) is 0 Å². The molecule has 0 aliphatic rings. The van der Waals surface area contributed by atoms with E-state index in [0.717, 1.165) is 30.8 Å². The second kappa shape index (κ2) is 7.46. The van der Waals surface area contributed by atoms with Crippen LogP contribution in [0.25, 0.3) is 0 Å². The molecule has 0 radical (unpaired) electrons. The standard InChI is InChI=1S/C15H27N3O/c1-6-8-16-10-13-7-9-17-11-14(13)19-12-15(2,3)18(4)5/h7,9,11,16H,6,8,10,12H2,1-5H3. The van der Waals surface area contributed by atoms with Crippen LogP contribution in [0.2, 0.25) is 0 Å². The molecule has 19 heavy (non-hydrogen) atoms. The van der Waals surface area contributed by atoms with Gasteiger partial charge in [-0.15, -0.1) is 0 Å². The monoisotopic (exact) mass is 265 g/mol. The summed E-state index contributed by atoms with van der Waals surface area (Å²) in [5.41, 5.74) is 1.17. The van der Waals surface area contributed by atoms with E-state index in [4.69, 9.17) is 4.74 Å². The van der Waals surface area contributed by atoms with Crippen LogP contribution in [0.5, 0.6) is 5.75 Å². The molecule has 0 spiro atoms. The average Bonchev–Trinajstić information content (AvgIpc) is 2.38. The number of nitrogens with zero attached hydrogens (tertiary/aromatic N) is 2. The van der Waals surface area contributed by atoms with Gasteiger partial charge in [0, 0.05) is 23.8 Å². The first-order chi connectivity index (χ1) is 8.97. The zero-order valence-electron chi connectivity index (χ0n) is 12.9. The van der Waals surface area contributed by atoms with E-state index >= 15 is 0 Å². The Bertz CT molecular complexity index is 377. The lowest BCUT2D eigenvalue weighted by Crippen LogP contribution is -2.43. The van der Waals surface area contributed by atoms with Crippen molar-refractivity contribution >= 4 is 0 Å². The van der Waals surface area contributed by atoms with Crippen molar-refractivity contribution in [3.63, 3.8) is 0 Å². The first-order valence-corrected chi connectivity index (χ1v) is 6.91. The maximum Gasteiger partial charge on any atom is 0.142 e. The maximum absolute atomic E-state index is 5.95. The van der Waals surface area contributed by atoms with Crippen LogP contribution in [0.15, 0.2) is 18.5 Å². The highest BCUT2D eigenvalue weighted by Crippen LogP contribution is 2.19. The number of hydrogen-bond acceptors (Lipinski definition) is 4. The van der Waals surface area contributed by atoms with Crippen molar-refractivity contribution in [2.75, 3.05) is 27.2 Å². The molecule has 1 aromatic heterocycles. The van der Waals surface area contributed by atoms with Crippen molar-refractivity contribution in [3.8, 4) is 5.75 Å². The van der Waals surface area contributed by atoms with E-state index in [-0.39, 0.29) is 5.54 Å². The van der Waals surface area contributed by atoms with E-state index in [1.54, 1.807) is 6.20 Å². The molecule has 1 N–H and O–H groups in total. The molecular weight excluding hydrogens is 238 g/mol. The molecule has 0 fully saturated rings. The third kappa shape index (κ3) is 5.17. The molecule has 0 aromatic carbocycles. The number of pyridine rings is 1. The molecule has 4 heteroatoms. The Balaban J connectivity index is 2.62. The summed E-state index contributed by atoms with van der Waals surface area (Å²) in [6.45, 7) is 8.98. The molecule has 0 bridgehead atoms. The molecular formula is C15H27N3O. The Hall–Kier alpha value is -1.13. The van der Waals surface area contributed by atoms with E-state index in [1.807, 2.05) is 12.3 Å². The van der Waals surface area contributed by atoms with Crippen molar-refractivity contribution < 1.29 is 4.74 Å². The lowest BCUT2D eigenvalue weighted by molar-refractivity contribution is 0.113. The lowest BCUT2D eigenvalue weighted by Gasteiger charge is -2.32. The summed E-state index contributed by atoms with van der Waals surface area (Å²) in [6.07, 6.45) is 4.75. The van der Waals surface area contributed by atoms with Crippen LogP contribution < -0.4 is 10.1 Å². The smallest absolute Gasteiger partial charge is 0.142 e. The van der Waals surface area contributed by atoms with Gasteiger partial charge in [0.05, 0.1) is 6.20 Å². The largest absolute Gasteiger partial charge is 0.490 e. The van der Waals surface area contributed by atoms with Gasteiger partial charge in [-0.1, -0.05) is 6.92 Å². The Morgan fingerprint density at radius 1 is 1.37 bits per heavy atom. The molecule has 0 aliphatic heterocycles. The van der Waals surface area contributed by atoms with Gasteiger partial charge in [0.2, 0.25) is 0 Å². The fraction of sp³-hybridized carbons (Fsp3) is 0.667. The number of rotatable bonds is 8. The Labute approximate surface area is 117 Å². The Kier molecular flexibility index (Phi) is 6.25. The molecule has 1 rings (SSSR count). The van der Waals surface area contributed by atoms with Crippen LogP contribution in [0, 0.1) is 0 Å². The SMILES string of the molecule is CCCNCc1ccncc1OCC(C)(C)N(C)C. The quantitative estimate of drug-likeness (QED) is 0.732. The number of ether oxygens (including phenoxy) is 1. The van der Waals surface area contributed by atoms with E-state index in [0.29, 0.717) is 6.61 Å². The van der Waals surface area contributed by atoms with Gasteiger partial charge in [-0.2, -0.15) is 0 Å². The first-order valence-electron chi connectivity index (χ1n) is 6.91. The zero-order valence-corrected chi connectivity index (χ0v) is 12.9. The summed E-state index contributed by atoms with van der Waals surface area (Å²) >= 11 is 0. The number of nitrogens with one attached hydrogen (secondary N) is 1. The van der Waals surface area contributed by atoms with Gasteiger partial charge >= 0.3 is 0 Å². The molecule has 4 nitrogen and oxygen atoms in total. The van der Waals surface area contributed by atoms with E-state index < -0.39 is 0 Å². The Morgan fingerprint density at radius 2 is 2.11 bits per heavy atom. The predicted molar refractivity (Wildman–Crippen MR) is 79.5 cm³/mol. The minimum Gasteiger partial charge on any atom is -0.490 e. The third-order valence-electron chi connectivity index (χ3n) is 3.40. The number of aromatic nitrogens is 1. The van der Waals surface area contributed by atoms with Crippen LogP contribution in [-0.2, 0) is 6.54 Å². The molecule has 0 atom stereocenters. The van der Waals surface area contributed by atoms with E-state index in [2.05, 4.69) is 50.1 Å². The Morgan fingerprint density at radius 3 is 2.74 bits per heavy atom. The molecule has 0 saturated carbocycles. The fourth-order valence-electron chi connectivity index (χ4n) is 1.47. The minimum absolute atomic E-state index is 0.00393. The van der Waals surface area contributed by atoms with Crippen LogP contribution >= 0.6 is 0 Å². The summed E-state index contributed by atoms with van der Waals surface area (Å²) in [4.78, 5) is 6.32. The second-order valence-corrected chi connectivity index (χ2v) is 5.66. The van der Waals surface area contributed by atoms with Gasteiger partial charge in [-0.05, 0) is 47.0 Å². The van der Waals surface area contributed by atoms with Crippen molar-refractivity contribution in [3.05, 3.63) is 24.0 Å². The van der Waals surface area contributed by atoms with Crippen molar-refractivity contribution in [1.29, 1.82) is 0 Å². The second-order valence-electron chi connectivity index (χ2n) is 5.66. The first kappa shape index (κ1) is 15.9. The van der Waals surface area contributed by atoms with Crippen molar-refractivity contribution in [1.82, 2.24) is 15.2 Å². The summed E-state index contributed by atoms with van der Waals surface area (Å²) in [5.74, 6) is 0.876. The topological polar surface area (TPSA) is 37.4 Å². The van der Waals surface area contributed by atoms with Gasteiger partial charge in [0.25, 0.3) is 0 Å². The van der Waals surface area contributed by atoms with Crippen LogP contribution in [-0.4, -0.2) is 42.7 Å². The molecule has 0 saturated heterocycles. The molecule has 1 aromatic rings. The fourth-order valence-corrected chi connectivity index (χ4v) is 1.47. The van der Waals surface area contributed by atoms with Crippen LogP contribution in [0.3, 0.4) is 0 Å². The van der Waals surface area contributed by atoms with Crippen molar-refractivity contribution in [2.24, 2.45) is 0 Å². The normalized spacial score (nSPS) is 11.9. The molecule has 0 aliphatic carbocycles. The highest BCUT2D eigenvalue weighted by molar-refractivity contribution is 5.29. The third-order valence-corrected chi connectivity index (χ3v) is 3.40. The van der Waals surface area contributed by atoms with Gasteiger partial charge in [0.1, 0.15) is 12.4 Å². The summed E-state index contributed by atoms with van der Waals surface area (Å²) in [6, 6.07) is 2.01. The minimum atomic E-state index is 0.00393. The average molecular weight is 265 g/mol. The van der Waals surface area contributed by atoms with Gasteiger partial charge < -0.3 is 15.0 Å². The van der Waals surface area contributed by atoms with Gasteiger partial charge in [-0.25, -0.2) is 0 Å². The van der Waals surface area contributed by atoms with Crippen molar-refractivity contribution in [2.45, 2.75) is 39.3 Å². The highest BCUT2D eigenvalue weighted by Gasteiger charge is 2.21. The summed E-state index contributed by atoms with van der Waals surface area (Å²) < 4.78 is 5.95. The number of hydrogen-bond donors (Lipinski definition) is 1. The molecule has 1 heterocycles. The summed E-state index contributed by atoms with van der Waals surface area (Å²) in [5, 5.41) is 3.39. The molecule has 0 amide bonds. The zero-order chi connectivity index (χ0) is 14.3. The highest BCUT2D eigenvalue weighted by atomic mass is 16.5. The lowest BCUT2D eigenvalue weighted by atomic mass is 10.1. The van der Waals surface area contributed by atoms with Gasteiger partial charge in [-0.3, -0.25) is 4.98 Å². The van der Waals surface area contributed by atoms with E-state index in [9.17, 15) is 0 Å². The number of likely N-dealkylation sites (N-methyl/N-ethyl adjacent to an activating group) is 1. The molecule has 108 valence electrons. The summed E-state index contributed by atoms with van der Waals surface area (Å²) in [7, 11) is 4.13. The van der Waals surface area contributed by atoms with Crippen LogP contribution in [0.4, 0.5) is 0 Å².